The molecule has 94 heavy (non-hydrogen) atoms. The average molecular weight is 1370 g/mol. The SMILES string of the molecule is CC/C=C\C/C=C\C/C=C\C/C=C\CCCCC(=O)OCC(COP(=O)(O)OCC(O)COP(=O)(O)OCC(COC(=O)CCCCCCCCCCCCCCCCC)OC(=O)CCCCCCC/C=C\CCCC)OC(=O)CCCCCCC/C=C\C/C=C\CCC. The summed E-state index contributed by atoms with van der Waals surface area (Å²) in [7, 11) is -9.95. The molecular weight excluding hydrogens is 1230 g/mol. The Kier molecular flexibility index (Phi) is 65.1. The number of aliphatic hydroxyl groups is 1. The molecule has 0 aromatic carbocycles. The Morgan fingerprint density at radius 3 is 0.957 bits per heavy atom. The minimum absolute atomic E-state index is 0.0700. The first-order valence-electron chi connectivity index (χ1n) is 36.8. The van der Waals surface area contributed by atoms with Crippen molar-refractivity contribution in [3.63, 3.8) is 0 Å². The van der Waals surface area contributed by atoms with E-state index in [0.717, 1.165) is 148 Å². The lowest BCUT2D eigenvalue weighted by Gasteiger charge is -2.21. The van der Waals surface area contributed by atoms with Crippen molar-refractivity contribution in [3.05, 3.63) is 85.1 Å². The third-order valence-electron chi connectivity index (χ3n) is 15.3. The summed E-state index contributed by atoms with van der Waals surface area (Å²) in [4.78, 5) is 72.6. The van der Waals surface area contributed by atoms with Crippen LogP contribution >= 0.6 is 15.6 Å². The fourth-order valence-corrected chi connectivity index (χ4v) is 11.3. The van der Waals surface area contributed by atoms with Gasteiger partial charge in [0.2, 0.25) is 0 Å². The normalized spacial score (nSPS) is 14.5. The van der Waals surface area contributed by atoms with Crippen molar-refractivity contribution in [1.29, 1.82) is 0 Å². The van der Waals surface area contributed by atoms with Crippen LogP contribution in [0.5, 0.6) is 0 Å². The molecule has 0 spiro atoms. The number of aliphatic hydroxyl groups excluding tert-OH is 1. The van der Waals surface area contributed by atoms with E-state index in [2.05, 4.69) is 113 Å². The third kappa shape index (κ3) is 66.8. The van der Waals surface area contributed by atoms with Gasteiger partial charge < -0.3 is 33.8 Å². The van der Waals surface area contributed by atoms with E-state index in [1.165, 1.54) is 83.5 Å². The van der Waals surface area contributed by atoms with E-state index in [-0.39, 0.29) is 25.7 Å². The molecule has 0 amide bonds. The monoisotopic (exact) mass is 1370 g/mol. The van der Waals surface area contributed by atoms with Gasteiger partial charge in [0.15, 0.2) is 12.2 Å². The number of hydrogen-bond acceptors (Lipinski definition) is 15. The molecule has 5 unspecified atom stereocenters. The van der Waals surface area contributed by atoms with Gasteiger partial charge in [0.1, 0.15) is 19.3 Å². The summed E-state index contributed by atoms with van der Waals surface area (Å²) < 4.78 is 68.3. The van der Waals surface area contributed by atoms with Gasteiger partial charge in [0, 0.05) is 25.7 Å². The molecule has 0 aromatic rings. The standard InChI is InChI=1S/C75H132O17P2/c1-5-9-13-17-21-25-29-32-34-37-40-43-47-51-55-59-72(77)85-65-70(91-74(79)61-57-53-49-45-39-28-24-20-16-12-8-4)67-89-93(81,82)87-63-69(76)64-88-94(83,84)90-68-71(92-75(80)62-58-54-50-46-42-36-31-27-23-19-15-11-7-3)66-86-73(78)60-56-52-48-44-41-38-35-33-30-26-22-18-14-10-6-2/h10,14-15,19-20,22,24,26-27,31,33,35,41,44,69-71,76H,5-9,11-13,16-18,21,23,25,28-30,32,34,36-40,42-43,45-68H2,1-4H3,(H,81,82)(H,83,84)/b14-10-,19-15-,24-20-,26-22-,31-27-,35-33-,44-41-. The molecule has 0 aliphatic heterocycles. The first kappa shape index (κ1) is 90.2. The van der Waals surface area contributed by atoms with Gasteiger partial charge >= 0.3 is 39.5 Å². The lowest BCUT2D eigenvalue weighted by atomic mass is 10.0. The zero-order chi connectivity index (χ0) is 69.0. The fraction of sp³-hybridized carbons (Fsp3) is 0.760. The van der Waals surface area contributed by atoms with Crippen LogP contribution in [0.1, 0.15) is 310 Å². The zero-order valence-corrected chi connectivity index (χ0v) is 60.9. The van der Waals surface area contributed by atoms with Crippen molar-refractivity contribution in [1.82, 2.24) is 0 Å². The van der Waals surface area contributed by atoms with Crippen LogP contribution < -0.4 is 0 Å². The largest absolute Gasteiger partial charge is 0.472 e. The molecule has 0 heterocycles. The molecular formula is C75H132O17P2. The maximum absolute atomic E-state index is 13.0. The highest BCUT2D eigenvalue weighted by atomic mass is 31.2. The Morgan fingerprint density at radius 1 is 0.309 bits per heavy atom. The Bertz CT molecular complexity index is 2120. The fourth-order valence-electron chi connectivity index (χ4n) is 9.70. The van der Waals surface area contributed by atoms with Gasteiger partial charge in [-0.3, -0.25) is 37.3 Å². The molecule has 0 fully saturated rings. The predicted octanol–water partition coefficient (Wildman–Crippen LogP) is 20.7. The first-order valence-corrected chi connectivity index (χ1v) is 39.8. The summed E-state index contributed by atoms with van der Waals surface area (Å²) in [6.45, 7) is 4.60. The molecule has 19 heteroatoms. The van der Waals surface area contributed by atoms with E-state index >= 15 is 0 Å². The highest BCUT2D eigenvalue weighted by Crippen LogP contribution is 2.45. The van der Waals surface area contributed by atoms with Gasteiger partial charge in [-0.25, -0.2) is 9.13 Å². The van der Waals surface area contributed by atoms with E-state index in [4.69, 9.17) is 37.0 Å². The molecule has 0 saturated heterocycles. The zero-order valence-electron chi connectivity index (χ0n) is 59.1. The number of esters is 4. The summed E-state index contributed by atoms with van der Waals surface area (Å²) in [6.07, 6.45) is 67.4. The van der Waals surface area contributed by atoms with Crippen molar-refractivity contribution in [2.45, 2.75) is 329 Å². The molecule has 3 N–H and O–H groups in total. The number of hydrogen-bond donors (Lipinski definition) is 3. The van der Waals surface area contributed by atoms with Crippen molar-refractivity contribution < 1.29 is 80.2 Å². The summed E-state index contributed by atoms with van der Waals surface area (Å²) in [5, 5.41) is 10.6. The number of phosphoric ester groups is 2. The van der Waals surface area contributed by atoms with Crippen LogP contribution in [-0.4, -0.2) is 96.7 Å². The van der Waals surface area contributed by atoms with Crippen molar-refractivity contribution in [2.24, 2.45) is 0 Å². The van der Waals surface area contributed by atoms with Crippen LogP contribution in [0, 0.1) is 0 Å². The van der Waals surface area contributed by atoms with Crippen LogP contribution in [0.25, 0.3) is 0 Å². The number of allylic oxidation sites excluding steroid dienone is 14. The Morgan fingerprint density at radius 2 is 0.585 bits per heavy atom. The van der Waals surface area contributed by atoms with Gasteiger partial charge in [-0.05, 0) is 109 Å². The Labute approximate surface area is 570 Å². The highest BCUT2D eigenvalue weighted by Gasteiger charge is 2.30. The molecule has 5 atom stereocenters. The first-order chi connectivity index (χ1) is 45.7. The van der Waals surface area contributed by atoms with Gasteiger partial charge in [0.25, 0.3) is 0 Å². The smallest absolute Gasteiger partial charge is 0.462 e. The summed E-state index contributed by atoms with van der Waals surface area (Å²) >= 11 is 0. The molecule has 0 aromatic heterocycles. The van der Waals surface area contributed by atoms with Crippen LogP contribution in [0.4, 0.5) is 0 Å². The van der Waals surface area contributed by atoms with Gasteiger partial charge in [-0.1, -0.05) is 260 Å². The number of rotatable bonds is 69. The molecule has 17 nitrogen and oxygen atoms in total. The highest BCUT2D eigenvalue weighted by molar-refractivity contribution is 7.47. The van der Waals surface area contributed by atoms with Gasteiger partial charge in [-0.2, -0.15) is 0 Å². The topological polar surface area (TPSA) is 237 Å². The van der Waals surface area contributed by atoms with E-state index in [9.17, 15) is 43.2 Å². The molecule has 0 bridgehead atoms. The van der Waals surface area contributed by atoms with E-state index in [1.54, 1.807) is 0 Å². The molecule has 0 rings (SSSR count). The maximum atomic E-state index is 13.0. The molecule has 0 radical (unpaired) electrons. The number of carbonyl (C=O) groups is 4. The summed E-state index contributed by atoms with van der Waals surface area (Å²) in [5.74, 6) is -2.23. The lowest BCUT2D eigenvalue weighted by Crippen LogP contribution is -2.30. The summed E-state index contributed by atoms with van der Waals surface area (Å²) in [6, 6.07) is 0. The molecule has 0 aliphatic carbocycles. The van der Waals surface area contributed by atoms with Crippen molar-refractivity contribution in [2.75, 3.05) is 39.6 Å². The maximum Gasteiger partial charge on any atom is 0.472 e. The van der Waals surface area contributed by atoms with E-state index in [0.29, 0.717) is 25.7 Å². The summed E-state index contributed by atoms with van der Waals surface area (Å²) in [5.41, 5.74) is 0. The average Bonchev–Trinajstić information content (AvgIpc) is 1.55. The minimum atomic E-state index is -4.98. The number of phosphoric acid groups is 2. The lowest BCUT2D eigenvalue weighted by molar-refractivity contribution is -0.161. The second-order valence-electron chi connectivity index (χ2n) is 24.5. The number of unbranched alkanes of at least 4 members (excludes halogenated alkanes) is 29. The van der Waals surface area contributed by atoms with Gasteiger partial charge in [0.05, 0.1) is 26.4 Å². The minimum Gasteiger partial charge on any atom is -0.462 e. The third-order valence-corrected chi connectivity index (χ3v) is 17.2. The molecule has 544 valence electrons. The predicted molar refractivity (Wildman–Crippen MR) is 381 cm³/mol. The van der Waals surface area contributed by atoms with Crippen LogP contribution in [0.2, 0.25) is 0 Å². The second kappa shape index (κ2) is 67.8. The Hall–Kier alpha value is -3.76. The Balaban J connectivity index is 5.34. The van der Waals surface area contributed by atoms with Gasteiger partial charge in [-0.15, -0.1) is 0 Å². The second-order valence-corrected chi connectivity index (χ2v) is 27.4. The number of ether oxygens (including phenoxy) is 4. The quantitative estimate of drug-likeness (QED) is 0.0169. The molecule has 0 aliphatic rings. The van der Waals surface area contributed by atoms with E-state index in [1.807, 2.05) is 0 Å². The van der Waals surface area contributed by atoms with E-state index < -0.39 is 97.5 Å². The van der Waals surface area contributed by atoms with Crippen molar-refractivity contribution >= 4 is 39.5 Å². The van der Waals surface area contributed by atoms with Crippen molar-refractivity contribution in [3.8, 4) is 0 Å². The molecule has 0 saturated carbocycles. The van der Waals surface area contributed by atoms with Crippen LogP contribution in [-0.2, 0) is 65.4 Å². The van der Waals surface area contributed by atoms with Crippen LogP contribution in [0.3, 0.4) is 0 Å². The van der Waals surface area contributed by atoms with Crippen LogP contribution in [0.15, 0.2) is 85.1 Å². The number of carbonyl (C=O) groups excluding carboxylic acids is 4.